The van der Waals surface area contributed by atoms with Crippen LogP contribution >= 0.6 is 0 Å². The van der Waals surface area contributed by atoms with Gasteiger partial charge in [-0.15, -0.1) is 0 Å². The molecule has 4 nitrogen and oxygen atoms in total. The van der Waals surface area contributed by atoms with Crippen molar-refractivity contribution in [1.82, 2.24) is 0 Å². The van der Waals surface area contributed by atoms with Gasteiger partial charge in [-0.1, -0.05) is 0 Å². The molecular formula is C8H5F3N2O2. The molecule has 7 heteroatoms. The van der Waals surface area contributed by atoms with E-state index in [0.717, 1.165) is 12.1 Å². The monoisotopic (exact) mass is 218 g/mol. The van der Waals surface area contributed by atoms with E-state index in [1.807, 2.05) is 0 Å². The van der Waals surface area contributed by atoms with Gasteiger partial charge in [0, 0.05) is 6.07 Å². The van der Waals surface area contributed by atoms with Crippen molar-refractivity contribution in [2.75, 3.05) is 0 Å². The lowest BCUT2D eigenvalue weighted by atomic mass is 10.1. The molecule has 0 N–H and O–H groups in total. The standard InChI is InChI=1S/C8H5F3N2O2/c1-12-6-3-2-5(8(9,10)11)4-7(6)13(14)15/h2-4H,1H2. The van der Waals surface area contributed by atoms with Crippen molar-refractivity contribution in [3.8, 4) is 0 Å². The third-order valence-electron chi connectivity index (χ3n) is 1.67. The Morgan fingerprint density at radius 2 is 2.00 bits per heavy atom. The fourth-order valence-corrected chi connectivity index (χ4v) is 0.980. The van der Waals surface area contributed by atoms with Gasteiger partial charge < -0.3 is 0 Å². The van der Waals surface area contributed by atoms with Crippen LogP contribution in [0.1, 0.15) is 5.56 Å². The molecule has 0 bridgehead atoms. The van der Waals surface area contributed by atoms with E-state index in [-0.39, 0.29) is 5.69 Å². The first-order valence-corrected chi connectivity index (χ1v) is 3.68. The molecule has 0 aliphatic carbocycles. The van der Waals surface area contributed by atoms with Crippen LogP contribution in [0.4, 0.5) is 24.5 Å². The molecule has 15 heavy (non-hydrogen) atoms. The molecule has 0 aliphatic rings. The lowest BCUT2D eigenvalue weighted by Crippen LogP contribution is -2.05. The minimum absolute atomic E-state index is 0.187. The SMILES string of the molecule is C=Nc1ccc(C(F)(F)F)cc1[N+](=O)[O-]. The summed E-state index contributed by atoms with van der Waals surface area (Å²) in [6, 6.07) is 2.06. The number of alkyl halides is 3. The maximum Gasteiger partial charge on any atom is 0.416 e. The van der Waals surface area contributed by atoms with Crippen LogP contribution in [0, 0.1) is 10.1 Å². The van der Waals surface area contributed by atoms with Crippen LogP contribution in [-0.4, -0.2) is 11.6 Å². The van der Waals surface area contributed by atoms with E-state index in [4.69, 9.17) is 0 Å². The number of hydrogen-bond acceptors (Lipinski definition) is 3. The predicted molar refractivity (Wildman–Crippen MR) is 47.3 cm³/mol. The molecule has 0 spiro atoms. The van der Waals surface area contributed by atoms with E-state index in [9.17, 15) is 23.3 Å². The molecule has 0 saturated heterocycles. The molecule has 1 aromatic rings. The molecule has 0 saturated carbocycles. The summed E-state index contributed by atoms with van der Waals surface area (Å²) in [5.41, 5.74) is -1.98. The van der Waals surface area contributed by atoms with Crippen LogP contribution in [0.25, 0.3) is 0 Å². The Labute approximate surface area is 82.2 Å². The highest BCUT2D eigenvalue weighted by Gasteiger charge is 2.32. The Morgan fingerprint density at radius 1 is 1.40 bits per heavy atom. The van der Waals surface area contributed by atoms with Gasteiger partial charge in [-0.3, -0.25) is 15.1 Å². The van der Waals surface area contributed by atoms with Crippen LogP contribution in [0.15, 0.2) is 23.2 Å². The predicted octanol–water partition coefficient (Wildman–Crippen LogP) is 2.95. The van der Waals surface area contributed by atoms with Crippen LogP contribution in [0.5, 0.6) is 0 Å². The summed E-state index contributed by atoms with van der Waals surface area (Å²) in [6.07, 6.45) is -4.61. The normalized spacial score (nSPS) is 11.1. The van der Waals surface area contributed by atoms with Gasteiger partial charge in [-0.25, -0.2) is 0 Å². The van der Waals surface area contributed by atoms with Crippen molar-refractivity contribution in [2.45, 2.75) is 6.18 Å². The van der Waals surface area contributed by atoms with Gasteiger partial charge in [-0.2, -0.15) is 13.2 Å². The van der Waals surface area contributed by atoms with Crippen LogP contribution in [0.3, 0.4) is 0 Å². The van der Waals surface area contributed by atoms with E-state index in [0.29, 0.717) is 6.07 Å². The molecule has 0 aliphatic heterocycles. The summed E-state index contributed by atoms with van der Waals surface area (Å²) in [6.45, 7) is 3.03. The largest absolute Gasteiger partial charge is 0.416 e. The van der Waals surface area contributed by atoms with Gasteiger partial charge in [0.15, 0.2) is 0 Å². The van der Waals surface area contributed by atoms with Crippen molar-refractivity contribution in [1.29, 1.82) is 0 Å². The van der Waals surface area contributed by atoms with Gasteiger partial charge in [0.1, 0.15) is 5.69 Å². The Bertz CT molecular complexity index is 415. The van der Waals surface area contributed by atoms with Crippen molar-refractivity contribution < 1.29 is 18.1 Å². The molecule has 1 rings (SSSR count). The number of aliphatic imine (C=N–C) groups is 1. The second-order valence-corrected chi connectivity index (χ2v) is 2.62. The van der Waals surface area contributed by atoms with Gasteiger partial charge in [0.2, 0.25) is 0 Å². The Kier molecular flexibility index (Phi) is 2.74. The van der Waals surface area contributed by atoms with Gasteiger partial charge in [0.25, 0.3) is 5.69 Å². The van der Waals surface area contributed by atoms with Crippen LogP contribution in [0.2, 0.25) is 0 Å². The number of hydrogen-bond donors (Lipinski definition) is 0. The first-order chi connectivity index (χ1) is 6.86. The maximum absolute atomic E-state index is 12.2. The van der Waals surface area contributed by atoms with E-state index in [1.165, 1.54) is 0 Å². The lowest BCUT2D eigenvalue weighted by molar-refractivity contribution is -0.384. The maximum atomic E-state index is 12.2. The quantitative estimate of drug-likeness (QED) is 0.435. The number of rotatable bonds is 2. The molecule has 80 valence electrons. The molecule has 0 heterocycles. The highest BCUT2D eigenvalue weighted by molar-refractivity contribution is 5.61. The van der Waals surface area contributed by atoms with Gasteiger partial charge in [-0.05, 0) is 18.9 Å². The van der Waals surface area contributed by atoms with Gasteiger partial charge in [0.05, 0.1) is 10.5 Å². The fourth-order valence-electron chi connectivity index (χ4n) is 0.980. The van der Waals surface area contributed by atoms with Crippen LogP contribution < -0.4 is 0 Å². The minimum atomic E-state index is -4.61. The molecule has 0 atom stereocenters. The van der Waals surface area contributed by atoms with Crippen molar-refractivity contribution >= 4 is 18.1 Å². The molecule has 0 amide bonds. The molecule has 1 aromatic carbocycles. The highest BCUT2D eigenvalue weighted by Crippen LogP contribution is 2.35. The smallest absolute Gasteiger partial charge is 0.258 e. The average molecular weight is 218 g/mol. The van der Waals surface area contributed by atoms with E-state index in [2.05, 4.69) is 11.7 Å². The summed E-state index contributed by atoms with van der Waals surface area (Å²) < 4.78 is 36.6. The van der Waals surface area contributed by atoms with Crippen molar-refractivity contribution in [3.63, 3.8) is 0 Å². The molecule has 0 radical (unpaired) electrons. The third-order valence-corrected chi connectivity index (χ3v) is 1.67. The Balaban J connectivity index is 3.35. The van der Waals surface area contributed by atoms with Crippen molar-refractivity contribution in [3.05, 3.63) is 33.9 Å². The zero-order valence-corrected chi connectivity index (χ0v) is 7.28. The zero-order chi connectivity index (χ0) is 11.6. The van der Waals surface area contributed by atoms with E-state index >= 15 is 0 Å². The first kappa shape index (κ1) is 11.2. The summed E-state index contributed by atoms with van der Waals surface area (Å²) in [5, 5.41) is 10.4. The highest BCUT2D eigenvalue weighted by atomic mass is 19.4. The molecule has 0 aromatic heterocycles. The fraction of sp³-hybridized carbons (Fsp3) is 0.125. The summed E-state index contributed by atoms with van der Waals surface area (Å²) >= 11 is 0. The summed E-state index contributed by atoms with van der Waals surface area (Å²) in [7, 11) is 0. The Hall–Kier alpha value is -1.92. The van der Waals surface area contributed by atoms with Crippen molar-refractivity contribution in [2.24, 2.45) is 4.99 Å². The summed E-state index contributed by atoms with van der Waals surface area (Å²) in [4.78, 5) is 12.7. The second-order valence-electron chi connectivity index (χ2n) is 2.62. The third kappa shape index (κ3) is 2.30. The Morgan fingerprint density at radius 3 is 2.40 bits per heavy atom. The van der Waals surface area contributed by atoms with Crippen LogP contribution in [-0.2, 0) is 6.18 Å². The average Bonchev–Trinajstić information content (AvgIpc) is 2.15. The number of nitro groups is 1. The summed E-state index contributed by atoms with van der Waals surface area (Å²) in [5.74, 6) is 0. The second kappa shape index (κ2) is 3.68. The zero-order valence-electron chi connectivity index (χ0n) is 7.28. The number of nitrogens with zero attached hydrogens (tertiary/aromatic N) is 2. The topological polar surface area (TPSA) is 55.5 Å². The lowest BCUT2D eigenvalue weighted by Gasteiger charge is -2.06. The number of halogens is 3. The van der Waals surface area contributed by atoms with E-state index in [1.54, 1.807) is 0 Å². The molecular weight excluding hydrogens is 213 g/mol. The number of benzene rings is 1. The number of nitro benzene ring substituents is 1. The minimum Gasteiger partial charge on any atom is -0.258 e. The first-order valence-electron chi connectivity index (χ1n) is 3.68. The molecule has 0 fully saturated rings. The molecule has 0 unspecified atom stereocenters. The van der Waals surface area contributed by atoms with E-state index < -0.39 is 22.4 Å². The van der Waals surface area contributed by atoms with Gasteiger partial charge >= 0.3 is 6.18 Å².